The Morgan fingerprint density at radius 2 is 2.24 bits per heavy atom. The van der Waals surface area contributed by atoms with Crippen LogP contribution in [0.2, 0.25) is 0 Å². The zero-order chi connectivity index (χ0) is 15.7. The van der Waals surface area contributed by atoms with E-state index >= 15 is 0 Å². The van der Waals surface area contributed by atoms with Crippen molar-refractivity contribution in [3.63, 3.8) is 0 Å². The molecule has 0 atom stereocenters. The van der Waals surface area contributed by atoms with Crippen molar-refractivity contribution >= 4 is 23.5 Å². The first-order chi connectivity index (χ1) is 10.1. The van der Waals surface area contributed by atoms with Gasteiger partial charge in [-0.2, -0.15) is 5.10 Å². The summed E-state index contributed by atoms with van der Waals surface area (Å²) in [7, 11) is 1.79. The molecule has 0 unspecified atom stereocenters. The van der Waals surface area contributed by atoms with Gasteiger partial charge >= 0.3 is 0 Å². The highest BCUT2D eigenvalue weighted by atomic mass is 32.1. The molecule has 1 aromatic rings. The van der Waals surface area contributed by atoms with E-state index in [0.717, 1.165) is 24.9 Å². The molecule has 1 rings (SSSR count). The van der Waals surface area contributed by atoms with Gasteiger partial charge in [-0.3, -0.25) is 0 Å². The van der Waals surface area contributed by atoms with Gasteiger partial charge in [0.15, 0.2) is 16.6 Å². The summed E-state index contributed by atoms with van der Waals surface area (Å²) >= 11 is 5.23. The molecule has 6 heteroatoms. The Morgan fingerprint density at radius 3 is 2.90 bits per heavy atom. The van der Waals surface area contributed by atoms with Gasteiger partial charge in [-0.05, 0) is 49.3 Å². The second-order valence-corrected chi connectivity index (χ2v) is 4.90. The van der Waals surface area contributed by atoms with Gasteiger partial charge in [0.05, 0.1) is 12.8 Å². The Balaban J connectivity index is 2.62. The number of aromatic hydroxyl groups is 1. The molecule has 0 heterocycles. The number of benzene rings is 1. The van der Waals surface area contributed by atoms with Crippen molar-refractivity contribution < 1.29 is 9.84 Å². The minimum atomic E-state index is 0.124. The van der Waals surface area contributed by atoms with Crippen molar-refractivity contribution in [3.8, 4) is 11.5 Å². The van der Waals surface area contributed by atoms with Gasteiger partial charge in [-0.25, -0.2) is 5.01 Å². The smallest absolute Gasteiger partial charge is 0.189 e. The number of unbranched alkanes of at least 4 members (excludes halogenated alkanes) is 1. The molecule has 0 saturated heterocycles. The maximum Gasteiger partial charge on any atom is 0.189 e. The third-order valence-corrected chi connectivity index (χ3v) is 3.17. The molecule has 0 aromatic heterocycles. The lowest BCUT2D eigenvalue weighted by Crippen LogP contribution is -2.34. The number of hydrazone groups is 1. The van der Waals surface area contributed by atoms with E-state index in [4.69, 9.17) is 17.0 Å². The molecule has 0 aliphatic heterocycles. The molecule has 0 bridgehead atoms. The molecule has 0 radical (unpaired) electrons. The Labute approximate surface area is 131 Å². The van der Waals surface area contributed by atoms with Crippen LogP contribution in [0.4, 0.5) is 0 Å². The molecule has 116 valence electrons. The van der Waals surface area contributed by atoms with Crippen LogP contribution in [0.3, 0.4) is 0 Å². The highest BCUT2D eigenvalue weighted by Gasteiger charge is 2.03. The normalized spacial score (nSPS) is 10.6. The predicted octanol–water partition coefficient (Wildman–Crippen LogP) is 2.73. The molecule has 21 heavy (non-hydrogen) atoms. The number of thiocarbonyl (C=S) groups is 1. The highest BCUT2D eigenvalue weighted by molar-refractivity contribution is 7.80. The van der Waals surface area contributed by atoms with E-state index in [1.54, 1.807) is 36.5 Å². The first-order valence-electron chi connectivity index (χ1n) is 7.09. The van der Waals surface area contributed by atoms with E-state index in [0.29, 0.717) is 17.5 Å². The second-order valence-electron chi connectivity index (χ2n) is 4.51. The zero-order valence-corrected chi connectivity index (χ0v) is 13.6. The van der Waals surface area contributed by atoms with E-state index < -0.39 is 0 Å². The van der Waals surface area contributed by atoms with Crippen molar-refractivity contribution in [1.82, 2.24) is 10.3 Å². The molecule has 0 saturated carbocycles. The number of phenolic OH excluding ortho intramolecular Hbond substituents is 1. The van der Waals surface area contributed by atoms with E-state index in [9.17, 15) is 5.11 Å². The molecular weight excluding hydrogens is 286 g/mol. The van der Waals surface area contributed by atoms with Gasteiger partial charge < -0.3 is 15.2 Å². The minimum absolute atomic E-state index is 0.124. The van der Waals surface area contributed by atoms with Crippen LogP contribution in [0.25, 0.3) is 0 Å². The number of nitrogens with one attached hydrogen (secondary N) is 1. The van der Waals surface area contributed by atoms with Crippen LogP contribution in [0.1, 0.15) is 32.3 Å². The Bertz CT molecular complexity index is 492. The number of phenols is 1. The lowest BCUT2D eigenvalue weighted by molar-refractivity contribution is 0.318. The van der Waals surface area contributed by atoms with Gasteiger partial charge in [-0.1, -0.05) is 13.3 Å². The van der Waals surface area contributed by atoms with Crippen molar-refractivity contribution in [2.45, 2.75) is 26.7 Å². The molecule has 0 amide bonds. The van der Waals surface area contributed by atoms with Crippen LogP contribution < -0.4 is 10.1 Å². The number of rotatable bonds is 7. The SMILES string of the molecule is CCCCNC(=S)N(C)N=Cc1ccc(O)c(OCC)c1. The molecule has 2 N–H and O–H groups in total. The molecule has 0 fully saturated rings. The number of nitrogens with zero attached hydrogens (tertiary/aromatic N) is 2. The second kappa shape index (κ2) is 9.18. The Morgan fingerprint density at radius 1 is 1.48 bits per heavy atom. The van der Waals surface area contributed by atoms with E-state index in [-0.39, 0.29) is 5.75 Å². The Kier molecular flexibility index (Phi) is 7.53. The van der Waals surface area contributed by atoms with Gasteiger partial charge in [0.1, 0.15) is 0 Å². The molecule has 0 aliphatic rings. The molecule has 0 spiro atoms. The number of hydrogen-bond donors (Lipinski definition) is 2. The maximum absolute atomic E-state index is 9.64. The van der Waals surface area contributed by atoms with Gasteiger partial charge in [0, 0.05) is 13.6 Å². The summed E-state index contributed by atoms with van der Waals surface area (Å²) in [6, 6.07) is 5.09. The number of hydrogen-bond acceptors (Lipinski definition) is 4. The van der Waals surface area contributed by atoms with E-state index in [1.807, 2.05) is 6.92 Å². The predicted molar refractivity (Wildman–Crippen MR) is 90.1 cm³/mol. The lowest BCUT2D eigenvalue weighted by atomic mass is 10.2. The van der Waals surface area contributed by atoms with Gasteiger partial charge in [0.25, 0.3) is 0 Å². The summed E-state index contributed by atoms with van der Waals surface area (Å²) < 4.78 is 5.33. The van der Waals surface area contributed by atoms with Gasteiger partial charge in [0.2, 0.25) is 0 Å². The largest absolute Gasteiger partial charge is 0.504 e. The van der Waals surface area contributed by atoms with Crippen LogP contribution in [-0.2, 0) is 0 Å². The fourth-order valence-corrected chi connectivity index (χ4v) is 1.72. The summed E-state index contributed by atoms with van der Waals surface area (Å²) in [6.07, 6.45) is 3.87. The average Bonchev–Trinajstić information content (AvgIpc) is 2.48. The van der Waals surface area contributed by atoms with Crippen molar-refractivity contribution in [2.24, 2.45) is 5.10 Å². The first kappa shape index (κ1) is 17.2. The van der Waals surface area contributed by atoms with Crippen LogP contribution in [0.15, 0.2) is 23.3 Å². The van der Waals surface area contributed by atoms with Gasteiger partial charge in [-0.15, -0.1) is 0 Å². The van der Waals surface area contributed by atoms with E-state index in [2.05, 4.69) is 17.3 Å². The Hall–Kier alpha value is -1.82. The summed E-state index contributed by atoms with van der Waals surface area (Å²) in [5.41, 5.74) is 0.833. The lowest BCUT2D eigenvalue weighted by Gasteiger charge is -2.15. The summed E-state index contributed by atoms with van der Waals surface area (Å²) in [6.45, 7) is 5.35. The van der Waals surface area contributed by atoms with Crippen molar-refractivity contribution in [1.29, 1.82) is 0 Å². The van der Waals surface area contributed by atoms with Crippen molar-refractivity contribution in [2.75, 3.05) is 20.2 Å². The van der Waals surface area contributed by atoms with Crippen molar-refractivity contribution in [3.05, 3.63) is 23.8 Å². The molecule has 5 nitrogen and oxygen atoms in total. The summed E-state index contributed by atoms with van der Waals surface area (Å²) in [4.78, 5) is 0. The number of ether oxygens (including phenoxy) is 1. The average molecular weight is 309 g/mol. The quantitative estimate of drug-likeness (QED) is 0.351. The standard InChI is InChI=1S/C15H23N3O2S/c1-4-6-9-16-15(21)18(3)17-11-12-7-8-13(19)14(10-12)20-5-2/h7-8,10-11,19H,4-6,9H2,1-3H3,(H,16,21). The fraction of sp³-hybridized carbons (Fsp3) is 0.467. The monoisotopic (exact) mass is 309 g/mol. The highest BCUT2D eigenvalue weighted by Crippen LogP contribution is 2.26. The van der Waals surface area contributed by atoms with Crippen LogP contribution in [0.5, 0.6) is 11.5 Å². The van der Waals surface area contributed by atoms with E-state index in [1.165, 1.54) is 0 Å². The minimum Gasteiger partial charge on any atom is -0.504 e. The topological polar surface area (TPSA) is 57.1 Å². The summed E-state index contributed by atoms with van der Waals surface area (Å²) in [5.74, 6) is 0.576. The third-order valence-electron chi connectivity index (χ3n) is 2.76. The van der Waals surface area contributed by atoms with Crippen LogP contribution in [-0.4, -0.2) is 41.6 Å². The van der Waals surface area contributed by atoms with Crippen LogP contribution >= 0.6 is 12.2 Å². The van der Waals surface area contributed by atoms with Crippen LogP contribution in [0, 0.1) is 0 Å². The third kappa shape index (κ3) is 5.99. The zero-order valence-electron chi connectivity index (χ0n) is 12.8. The molecule has 1 aromatic carbocycles. The molecular formula is C15H23N3O2S. The summed E-state index contributed by atoms with van der Waals surface area (Å²) in [5, 5.41) is 19.2. The first-order valence-corrected chi connectivity index (χ1v) is 7.50. The molecule has 0 aliphatic carbocycles. The maximum atomic E-state index is 9.64. The fourth-order valence-electron chi connectivity index (χ4n) is 1.57.